The fourth-order valence-electron chi connectivity index (χ4n) is 4.90. The van der Waals surface area contributed by atoms with Crippen LogP contribution in [0, 0.1) is 11.3 Å². The molecule has 1 aromatic carbocycles. The van der Waals surface area contributed by atoms with Crippen LogP contribution in [0.15, 0.2) is 36.5 Å². The smallest absolute Gasteiger partial charge is 0.251 e. The number of carbonyl (C=O) groups is 2. The van der Waals surface area contributed by atoms with Crippen LogP contribution in [0.1, 0.15) is 49.9 Å². The molecule has 3 heterocycles. The molecule has 2 bridgehead atoms. The van der Waals surface area contributed by atoms with Crippen molar-refractivity contribution in [3.63, 3.8) is 0 Å². The summed E-state index contributed by atoms with van der Waals surface area (Å²) < 4.78 is 0. The van der Waals surface area contributed by atoms with E-state index in [2.05, 4.69) is 24.1 Å². The minimum Gasteiger partial charge on any atom is -0.345 e. The van der Waals surface area contributed by atoms with Gasteiger partial charge < -0.3 is 10.2 Å². The molecule has 2 amide bonds. The van der Waals surface area contributed by atoms with E-state index in [1.807, 2.05) is 35.2 Å². The zero-order valence-corrected chi connectivity index (χ0v) is 15.9. The monoisotopic (exact) mass is 363 g/mol. The fourth-order valence-corrected chi connectivity index (χ4v) is 4.90. The van der Waals surface area contributed by atoms with Crippen molar-refractivity contribution in [3.05, 3.63) is 42.1 Å². The van der Waals surface area contributed by atoms with Gasteiger partial charge in [-0.2, -0.15) is 0 Å². The Morgan fingerprint density at radius 1 is 1.22 bits per heavy atom. The highest BCUT2D eigenvalue weighted by Crippen LogP contribution is 2.51. The lowest BCUT2D eigenvalue weighted by molar-refractivity contribution is -0.141. The van der Waals surface area contributed by atoms with Crippen LogP contribution in [-0.2, 0) is 4.79 Å². The molecule has 6 rings (SSSR count). The lowest BCUT2D eigenvalue weighted by Crippen LogP contribution is -2.55. The van der Waals surface area contributed by atoms with E-state index in [0.29, 0.717) is 18.0 Å². The van der Waals surface area contributed by atoms with Crippen LogP contribution in [0.3, 0.4) is 0 Å². The van der Waals surface area contributed by atoms with E-state index in [9.17, 15) is 9.59 Å². The van der Waals surface area contributed by atoms with Gasteiger partial charge in [0, 0.05) is 35.1 Å². The van der Waals surface area contributed by atoms with Gasteiger partial charge >= 0.3 is 0 Å². The quantitative estimate of drug-likeness (QED) is 0.908. The SMILES string of the molecule is CC(C)(C(=O)N1CC2(NC(=O)c3ccc4cccnc4c3)CC1C2)C1CC1. The number of aromatic nitrogens is 1. The topological polar surface area (TPSA) is 62.3 Å². The van der Waals surface area contributed by atoms with Gasteiger partial charge in [-0.25, -0.2) is 0 Å². The average Bonchev–Trinajstić information content (AvgIpc) is 3.37. The van der Waals surface area contributed by atoms with E-state index < -0.39 is 0 Å². The van der Waals surface area contributed by atoms with Crippen molar-refractivity contribution in [1.82, 2.24) is 15.2 Å². The number of benzene rings is 1. The van der Waals surface area contributed by atoms with E-state index in [0.717, 1.165) is 36.6 Å². The van der Waals surface area contributed by atoms with Crippen LogP contribution in [0.5, 0.6) is 0 Å². The minimum atomic E-state index is -0.271. The zero-order valence-electron chi connectivity index (χ0n) is 15.9. The zero-order chi connectivity index (χ0) is 18.8. The molecule has 2 saturated carbocycles. The molecule has 5 heteroatoms. The average molecular weight is 363 g/mol. The second-order valence-corrected chi connectivity index (χ2v) is 9.14. The van der Waals surface area contributed by atoms with Gasteiger partial charge in [0.1, 0.15) is 0 Å². The summed E-state index contributed by atoms with van der Waals surface area (Å²) in [7, 11) is 0. The van der Waals surface area contributed by atoms with Crippen molar-refractivity contribution < 1.29 is 9.59 Å². The van der Waals surface area contributed by atoms with Crippen molar-refractivity contribution in [2.45, 2.75) is 51.1 Å². The van der Waals surface area contributed by atoms with Gasteiger partial charge in [-0.15, -0.1) is 0 Å². The number of fused-ring (bicyclic) bond motifs is 2. The largest absolute Gasteiger partial charge is 0.345 e. The first-order valence-corrected chi connectivity index (χ1v) is 9.86. The maximum absolute atomic E-state index is 13.0. The summed E-state index contributed by atoms with van der Waals surface area (Å²) in [4.78, 5) is 32.2. The lowest BCUT2D eigenvalue weighted by Gasteiger charge is -2.38. The van der Waals surface area contributed by atoms with Gasteiger partial charge in [0.25, 0.3) is 5.91 Å². The Hall–Kier alpha value is -2.43. The molecule has 5 nitrogen and oxygen atoms in total. The van der Waals surface area contributed by atoms with Crippen molar-refractivity contribution in [1.29, 1.82) is 0 Å². The molecule has 2 saturated heterocycles. The Kier molecular flexibility index (Phi) is 3.43. The van der Waals surface area contributed by atoms with Crippen molar-refractivity contribution in [2.75, 3.05) is 6.54 Å². The highest BCUT2D eigenvalue weighted by atomic mass is 16.2. The molecule has 0 atom stereocenters. The number of hydrogen-bond acceptors (Lipinski definition) is 3. The molecule has 1 aromatic heterocycles. The van der Waals surface area contributed by atoms with E-state index in [1.54, 1.807) is 6.20 Å². The highest BCUT2D eigenvalue weighted by molar-refractivity contribution is 5.98. The second kappa shape index (κ2) is 5.54. The number of amides is 2. The van der Waals surface area contributed by atoms with Crippen LogP contribution in [0.4, 0.5) is 0 Å². The molecular weight excluding hydrogens is 338 g/mol. The van der Waals surface area contributed by atoms with Crippen LogP contribution in [0.25, 0.3) is 10.9 Å². The standard InChI is InChI=1S/C22H25N3O2/c1-21(2,16-7-8-16)20(27)25-13-22(11-17(25)12-22)24-19(26)15-6-5-14-4-3-9-23-18(14)10-15/h3-6,9-10,16-17H,7-8,11-13H2,1-2H3,(H,24,26). The lowest BCUT2D eigenvalue weighted by atomic mass is 9.77. The molecular formula is C22H25N3O2. The number of nitrogens with zero attached hydrogens (tertiary/aromatic N) is 2. The summed E-state index contributed by atoms with van der Waals surface area (Å²) in [6, 6.07) is 9.78. The third kappa shape index (κ3) is 2.63. The van der Waals surface area contributed by atoms with Crippen LogP contribution in [-0.4, -0.2) is 39.8 Å². The summed E-state index contributed by atoms with van der Waals surface area (Å²) in [6.07, 6.45) is 5.81. The first kappa shape index (κ1) is 16.7. The Bertz CT molecular complexity index is 941. The third-order valence-electron chi connectivity index (χ3n) is 6.82. The van der Waals surface area contributed by atoms with E-state index in [-0.39, 0.29) is 28.8 Å². The summed E-state index contributed by atoms with van der Waals surface area (Å²) in [5.41, 5.74) is 0.925. The molecule has 1 N–H and O–H groups in total. The number of rotatable bonds is 4. The van der Waals surface area contributed by atoms with Gasteiger partial charge in [-0.1, -0.05) is 26.0 Å². The van der Waals surface area contributed by atoms with Gasteiger partial charge in [-0.05, 0) is 49.8 Å². The molecule has 2 aliphatic heterocycles. The Morgan fingerprint density at radius 2 is 2.00 bits per heavy atom. The molecule has 27 heavy (non-hydrogen) atoms. The van der Waals surface area contributed by atoms with Gasteiger partial charge in [0.05, 0.1) is 11.1 Å². The highest BCUT2D eigenvalue weighted by Gasteiger charge is 2.60. The minimum absolute atomic E-state index is 0.0724. The predicted octanol–water partition coefficient (Wildman–Crippen LogP) is 3.14. The number of hydrogen-bond donors (Lipinski definition) is 1. The number of carbonyl (C=O) groups excluding carboxylic acids is 2. The number of nitrogens with one attached hydrogen (secondary N) is 1. The molecule has 0 unspecified atom stereocenters. The van der Waals surface area contributed by atoms with Crippen molar-refractivity contribution in [3.8, 4) is 0 Å². The predicted molar refractivity (Wildman–Crippen MR) is 103 cm³/mol. The summed E-state index contributed by atoms with van der Waals surface area (Å²) in [5.74, 6) is 0.716. The third-order valence-corrected chi connectivity index (χ3v) is 6.82. The maximum Gasteiger partial charge on any atom is 0.251 e. The van der Waals surface area contributed by atoms with Gasteiger partial charge in [-0.3, -0.25) is 14.6 Å². The first-order valence-electron chi connectivity index (χ1n) is 9.86. The molecule has 0 radical (unpaired) electrons. The van der Waals surface area contributed by atoms with Crippen LogP contribution < -0.4 is 5.32 Å². The van der Waals surface area contributed by atoms with E-state index >= 15 is 0 Å². The molecule has 4 fully saturated rings. The van der Waals surface area contributed by atoms with Gasteiger partial charge in [0.2, 0.25) is 5.91 Å². The first-order chi connectivity index (χ1) is 12.9. The van der Waals surface area contributed by atoms with Gasteiger partial charge in [0.15, 0.2) is 0 Å². The molecule has 140 valence electrons. The summed E-state index contributed by atoms with van der Waals surface area (Å²) >= 11 is 0. The van der Waals surface area contributed by atoms with E-state index in [4.69, 9.17) is 0 Å². The Labute approximate surface area is 159 Å². The molecule has 2 aromatic rings. The van der Waals surface area contributed by atoms with Crippen LogP contribution in [0.2, 0.25) is 0 Å². The maximum atomic E-state index is 13.0. The molecule has 0 spiro atoms. The van der Waals surface area contributed by atoms with E-state index in [1.165, 1.54) is 0 Å². The summed E-state index contributed by atoms with van der Waals surface area (Å²) in [6.45, 7) is 4.80. The second-order valence-electron chi connectivity index (χ2n) is 9.14. The Morgan fingerprint density at radius 3 is 2.74 bits per heavy atom. The van der Waals surface area contributed by atoms with Crippen molar-refractivity contribution >= 4 is 22.7 Å². The normalized spacial score (nSPS) is 26.7. The fraction of sp³-hybridized carbons (Fsp3) is 0.500. The summed E-state index contributed by atoms with van der Waals surface area (Å²) in [5, 5.41) is 4.25. The Balaban J connectivity index is 1.30. The molecule has 2 aliphatic carbocycles. The molecule has 4 aliphatic rings. The van der Waals surface area contributed by atoms with Crippen molar-refractivity contribution in [2.24, 2.45) is 11.3 Å². The van der Waals surface area contributed by atoms with Crippen LogP contribution >= 0.6 is 0 Å². The number of pyridine rings is 1.